The van der Waals surface area contributed by atoms with Gasteiger partial charge >= 0.3 is 0 Å². The lowest BCUT2D eigenvalue weighted by Crippen LogP contribution is -2.00. The van der Waals surface area contributed by atoms with E-state index in [1.807, 2.05) is 66.7 Å². The minimum atomic E-state index is -0.797. The normalized spacial score (nSPS) is 16.3. The van der Waals surface area contributed by atoms with Gasteiger partial charge in [-0.05, 0) is 76.7 Å². The van der Waals surface area contributed by atoms with Crippen molar-refractivity contribution in [1.29, 1.82) is 0 Å². The summed E-state index contributed by atoms with van der Waals surface area (Å²) in [6, 6.07) is 11.8. The summed E-state index contributed by atoms with van der Waals surface area (Å²) in [7, 11) is 0. The molecule has 0 aliphatic heterocycles. The molecule has 0 saturated carbocycles. The summed E-state index contributed by atoms with van der Waals surface area (Å²) in [6.07, 6.45) is 0. The molecule has 0 fully saturated rings. The highest BCUT2D eigenvalue weighted by Gasteiger charge is 2.19. The fourth-order valence-corrected chi connectivity index (χ4v) is 7.80. The number of hydrogen-bond donors (Lipinski definition) is 0. The van der Waals surface area contributed by atoms with Crippen LogP contribution in [0.2, 0.25) is 0 Å². The van der Waals surface area contributed by atoms with Crippen LogP contribution < -0.4 is 0 Å². The summed E-state index contributed by atoms with van der Waals surface area (Å²) in [6.45, 7) is 0. The van der Waals surface area contributed by atoms with Crippen molar-refractivity contribution in [1.82, 2.24) is 19.5 Å². The van der Waals surface area contributed by atoms with Crippen molar-refractivity contribution in [2.24, 2.45) is 0 Å². The zero-order valence-corrected chi connectivity index (χ0v) is 29.5. The van der Waals surface area contributed by atoms with Gasteiger partial charge in [-0.15, -0.1) is 11.3 Å². The molecule has 0 aliphatic rings. The highest BCUT2D eigenvalue weighted by atomic mass is 32.1. The average molecular weight is 752 g/mol. The third-order valence-electron chi connectivity index (χ3n) is 9.33. The summed E-state index contributed by atoms with van der Waals surface area (Å²) >= 11 is 0.827. The van der Waals surface area contributed by atoms with Crippen molar-refractivity contribution < 1.29 is 26.0 Å². The molecule has 0 bridgehead atoms. The van der Waals surface area contributed by atoms with E-state index in [0.717, 1.165) is 38.2 Å². The van der Waals surface area contributed by atoms with Gasteiger partial charge < -0.3 is 4.57 Å². The monoisotopic (exact) mass is 751 g/mol. The molecular weight excluding hydrogens is 701 g/mol. The van der Waals surface area contributed by atoms with Crippen LogP contribution in [0.15, 0.2) is 194 Å². The number of nitrogens with zero attached hydrogens (tertiary/aromatic N) is 4. The van der Waals surface area contributed by atoms with Gasteiger partial charge in [0.2, 0.25) is 0 Å². The van der Waals surface area contributed by atoms with Crippen molar-refractivity contribution in [3.05, 3.63) is 194 Å². The molecule has 0 amide bonds. The molecule has 0 N–H and O–H groups in total. The smallest absolute Gasteiger partial charge is 0.165 e. The molecule has 5 heteroatoms. The molecule has 56 heavy (non-hydrogen) atoms. The first kappa shape index (κ1) is 18.4. The largest absolute Gasteiger partial charge is 0.309 e. The molecule has 0 spiro atoms. The molecule has 0 unspecified atom stereocenters. The van der Waals surface area contributed by atoms with Crippen LogP contribution in [0, 0.1) is 0 Å². The first-order valence-electron chi connectivity index (χ1n) is 26.7. The molecule has 11 rings (SSSR count). The van der Waals surface area contributed by atoms with Gasteiger partial charge in [-0.25, -0.2) is 15.0 Å². The van der Waals surface area contributed by atoms with E-state index in [1.54, 1.807) is 12.1 Å². The van der Waals surface area contributed by atoms with E-state index in [-0.39, 0.29) is 48.2 Å². The quantitative estimate of drug-likeness (QED) is 0.170. The number of hydrogen-bond acceptors (Lipinski definition) is 4. The summed E-state index contributed by atoms with van der Waals surface area (Å²) in [5.41, 5.74) is 1.79. The number of benzene rings is 8. The average Bonchev–Trinajstić information content (AvgIpc) is 4.00. The Bertz CT molecular complexity index is 4320. The lowest BCUT2D eigenvalue weighted by molar-refractivity contribution is 1.08. The SMILES string of the molecule is [2H]c1c([2H])c([2H])c(-n2c3c([2H])c([2H])c([2H])c([2H])c3c3c([2H])c(-c4nc(-c5ccc(-c6cccc(-c7ccccc7)c6)cc5)nc(-c5c([2H])c([2H])c([2H])c6c5sc5c([2H])c([2H])c([2H])c([2H])c56)n4)c([2H])c([2H])c32)c([2H])c1[2H]. The Morgan fingerprint density at radius 2 is 1.05 bits per heavy atom. The molecule has 0 saturated heterocycles. The number of thiophene rings is 1. The molecule has 3 heterocycles. The van der Waals surface area contributed by atoms with E-state index in [9.17, 15) is 5.48 Å². The fraction of sp³-hybridized carbons (Fsp3) is 0. The predicted molar refractivity (Wildman–Crippen MR) is 234 cm³/mol. The van der Waals surface area contributed by atoms with Gasteiger partial charge in [-0.1, -0.05) is 139 Å². The maximum atomic E-state index is 9.90. The van der Waals surface area contributed by atoms with Crippen molar-refractivity contribution in [3.63, 3.8) is 0 Å². The van der Waals surface area contributed by atoms with Gasteiger partial charge in [0.15, 0.2) is 17.5 Å². The maximum Gasteiger partial charge on any atom is 0.165 e. The van der Waals surface area contributed by atoms with Crippen LogP contribution in [0.1, 0.15) is 26.0 Å². The van der Waals surface area contributed by atoms with Crippen LogP contribution in [0.4, 0.5) is 0 Å². The van der Waals surface area contributed by atoms with Crippen LogP contribution in [-0.2, 0) is 0 Å². The van der Waals surface area contributed by atoms with Crippen molar-refractivity contribution in [2.45, 2.75) is 0 Å². The lowest BCUT2D eigenvalue weighted by atomic mass is 9.98. The number of para-hydroxylation sites is 2. The van der Waals surface area contributed by atoms with Crippen LogP contribution in [0.25, 0.3) is 104 Å². The Morgan fingerprint density at radius 3 is 1.88 bits per heavy atom. The molecular formula is C51H32N4S. The Labute approximate surface area is 354 Å². The second-order valence-corrected chi connectivity index (χ2v) is 13.6. The molecule has 262 valence electrons. The Kier molecular flexibility index (Phi) is 4.36. The zero-order chi connectivity index (χ0) is 53.5. The first-order valence-corrected chi connectivity index (χ1v) is 18.0. The Morgan fingerprint density at radius 1 is 0.429 bits per heavy atom. The number of fused-ring (bicyclic) bond motifs is 6. The Balaban J connectivity index is 1.24. The van der Waals surface area contributed by atoms with E-state index in [0.29, 0.717) is 5.56 Å². The van der Waals surface area contributed by atoms with Gasteiger partial charge in [0, 0.05) is 53.3 Å². The van der Waals surface area contributed by atoms with Crippen LogP contribution >= 0.6 is 11.3 Å². The van der Waals surface area contributed by atoms with Crippen molar-refractivity contribution in [2.75, 3.05) is 0 Å². The number of aromatic nitrogens is 4. The van der Waals surface area contributed by atoms with Gasteiger partial charge in [-0.3, -0.25) is 0 Å². The van der Waals surface area contributed by atoms with Crippen molar-refractivity contribution in [3.8, 4) is 62.1 Å². The third-order valence-corrected chi connectivity index (χ3v) is 10.5. The van der Waals surface area contributed by atoms with E-state index >= 15 is 0 Å². The molecule has 0 radical (unpaired) electrons. The highest BCUT2D eigenvalue weighted by Crippen LogP contribution is 2.40. The maximum absolute atomic E-state index is 9.90. The minimum absolute atomic E-state index is 0.0310. The van der Waals surface area contributed by atoms with Crippen molar-refractivity contribution >= 4 is 53.3 Å². The van der Waals surface area contributed by atoms with Gasteiger partial charge in [-0.2, -0.15) is 0 Å². The van der Waals surface area contributed by atoms with E-state index in [4.69, 9.17) is 35.5 Å². The molecule has 0 aliphatic carbocycles. The zero-order valence-electron chi connectivity index (χ0n) is 47.7. The standard InChI is InChI=1S/C51H32N4S/c1-3-13-33(14-4-1)36-15-11-16-37(31-36)34-25-27-35(28-26-34)49-52-50(54-51(53-49)43-22-12-21-42-41-20-8-10-24-47(41)56-48(42)43)38-29-30-46-44(32-38)40-19-7-9-23-45(40)55(46)39-17-5-2-6-18-39/h1-32H/i2D,5D,6D,7D,8D,9D,10D,12D,17D,18D,19D,20D,21D,22D,23D,24D,29D,30D,32D. The molecule has 4 nitrogen and oxygen atoms in total. The van der Waals surface area contributed by atoms with E-state index < -0.39 is 143 Å². The summed E-state index contributed by atoms with van der Waals surface area (Å²) in [4.78, 5) is 14.3. The first-order chi connectivity index (χ1) is 35.7. The number of rotatable bonds is 6. The van der Waals surface area contributed by atoms with Crippen LogP contribution in [0.3, 0.4) is 0 Å². The van der Waals surface area contributed by atoms with Crippen LogP contribution in [0.5, 0.6) is 0 Å². The summed E-state index contributed by atoms with van der Waals surface area (Å²) in [5, 5.41) is -0.896. The van der Waals surface area contributed by atoms with E-state index in [1.165, 1.54) is 0 Å². The van der Waals surface area contributed by atoms with E-state index in [2.05, 4.69) is 0 Å². The van der Waals surface area contributed by atoms with Crippen LogP contribution in [-0.4, -0.2) is 19.5 Å². The predicted octanol–water partition coefficient (Wildman–Crippen LogP) is 13.7. The van der Waals surface area contributed by atoms with Gasteiger partial charge in [0.05, 0.1) is 37.1 Å². The summed E-state index contributed by atoms with van der Waals surface area (Å²) in [5.74, 6) is -0.939. The Hall–Kier alpha value is -7.21. The highest BCUT2D eigenvalue weighted by molar-refractivity contribution is 7.26. The second kappa shape index (κ2) is 13.3. The van der Waals surface area contributed by atoms with Gasteiger partial charge in [0.25, 0.3) is 0 Å². The molecule has 3 aromatic heterocycles. The molecule has 11 aromatic rings. The minimum Gasteiger partial charge on any atom is -0.309 e. The molecule has 8 aromatic carbocycles. The summed E-state index contributed by atoms with van der Waals surface area (Å²) < 4.78 is 170. The second-order valence-electron chi connectivity index (χ2n) is 12.6. The lowest BCUT2D eigenvalue weighted by Gasteiger charge is -2.11. The fourth-order valence-electron chi connectivity index (χ4n) is 6.74. The third kappa shape index (κ3) is 5.48. The topological polar surface area (TPSA) is 43.6 Å². The molecule has 0 atom stereocenters. The van der Waals surface area contributed by atoms with Gasteiger partial charge in [0.1, 0.15) is 0 Å².